The van der Waals surface area contributed by atoms with E-state index in [0.29, 0.717) is 5.56 Å². The predicted octanol–water partition coefficient (Wildman–Crippen LogP) is 0.173. The Morgan fingerprint density at radius 3 is 2.48 bits per heavy atom. The van der Waals surface area contributed by atoms with Crippen molar-refractivity contribution in [2.45, 2.75) is 11.8 Å². The number of hydrogen-bond donors (Lipinski definition) is 2. The summed E-state index contributed by atoms with van der Waals surface area (Å²) in [4.78, 5) is 12.1. The molecule has 1 aliphatic rings. The molecule has 1 atom stereocenters. The molecule has 1 fully saturated rings. The van der Waals surface area contributed by atoms with Gasteiger partial charge in [0.15, 0.2) is 0 Å². The van der Waals surface area contributed by atoms with Gasteiger partial charge in [-0.15, -0.1) is 0 Å². The van der Waals surface area contributed by atoms with Gasteiger partial charge in [0.05, 0.1) is 18.4 Å². The second kappa shape index (κ2) is 6.42. The van der Waals surface area contributed by atoms with Gasteiger partial charge in [-0.2, -0.15) is 4.31 Å². The van der Waals surface area contributed by atoms with Gasteiger partial charge in [0.1, 0.15) is 0 Å². The van der Waals surface area contributed by atoms with Crippen molar-refractivity contribution in [3.8, 4) is 0 Å². The number of benzene rings is 1. The molecule has 0 spiro atoms. The largest absolute Gasteiger partial charge is 0.465 e. The van der Waals surface area contributed by atoms with Crippen LogP contribution in [0.4, 0.5) is 4.79 Å². The maximum atomic E-state index is 12.4. The molecular formula is C13H18N2O5S. The maximum absolute atomic E-state index is 12.4. The van der Waals surface area contributed by atoms with E-state index in [1.54, 1.807) is 30.3 Å². The van der Waals surface area contributed by atoms with Crippen molar-refractivity contribution in [2.75, 3.05) is 26.2 Å². The summed E-state index contributed by atoms with van der Waals surface area (Å²) in [5, 5.41) is 18.3. The van der Waals surface area contributed by atoms with Crippen molar-refractivity contribution >= 4 is 16.1 Å². The van der Waals surface area contributed by atoms with Gasteiger partial charge < -0.3 is 15.1 Å². The summed E-state index contributed by atoms with van der Waals surface area (Å²) in [6.07, 6.45) is -1.10. The van der Waals surface area contributed by atoms with Crippen LogP contribution in [-0.2, 0) is 15.8 Å². The highest BCUT2D eigenvalue weighted by Crippen LogP contribution is 2.18. The fraction of sp³-hybridized carbons (Fsp3) is 0.462. The van der Waals surface area contributed by atoms with E-state index < -0.39 is 28.8 Å². The van der Waals surface area contributed by atoms with Crippen LogP contribution in [0.15, 0.2) is 30.3 Å². The summed E-state index contributed by atoms with van der Waals surface area (Å²) in [5.41, 5.74) is 0.662. The summed E-state index contributed by atoms with van der Waals surface area (Å²) >= 11 is 0. The SMILES string of the molecule is O=C(O)N1CCN(S(=O)(=O)Cc2ccccc2)C(CO)C1. The van der Waals surface area contributed by atoms with Gasteiger partial charge in [-0.05, 0) is 5.56 Å². The number of sulfonamides is 1. The van der Waals surface area contributed by atoms with Crippen LogP contribution in [0.2, 0.25) is 0 Å². The minimum Gasteiger partial charge on any atom is -0.465 e. The van der Waals surface area contributed by atoms with Crippen molar-refractivity contribution in [1.29, 1.82) is 0 Å². The smallest absolute Gasteiger partial charge is 0.407 e. The van der Waals surface area contributed by atoms with Crippen molar-refractivity contribution < 1.29 is 23.4 Å². The van der Waals surface area contributed by atoms with Gasteiger partial charge in [0.2, 0.25) is 10.0 Å². The van der Waals surface area contributed by atoms with Crippen LogP contribution in [0.1, 0.15) is 5.56 Å². The van der Waals surface area contributed by atoms with Gasteiger partial charge >= 0.3 is 6.09 Å². The first-order chi connectivity index (χ1) is 9.94. The molecule has 2 rings (SSSR count). The van der Waals surface area contributed by atoms with E-state index in [9.17, 15) is 18.3 Å². The zero-order valence-electron chi connectivity index (χ0n) is 11.4. The zero-order chi connectivity index (χ0) is 15.5. The lowest BCUT2D eigenvalue weighted by atomic mass is 10.2. The number of nitrogens with zero attached hydrogens (tertiary/aromatic N) is 2. The Balaban J connectivity index is 2.14. The molecule has 0 radical (unpaired) electrons. The summed E-state index contributed by atoms with van der Waals surface area (Å²) in [5.74, 6) is -0.155. The number of aliphatic hydroxyl groups excluding tert-OH is 1. The Kier molecular flexibility index (Phi) is 4.81. The van der Waals surface area contributed by atoms with Gasteiger partial charge in [-0.1, -0.05) is 30.3 Å². The average molecular weight is 314 g/mol. The quantitative estimate of drug-likeness (QED) is 0.826. The fourth-order valence-corrected chi connectivity index (χ4v) is 4.12. The van der Waals surface area contributed by atoms with Crippen LogP contribution >= 0.6 is 0 Å². The van der Waals surface area contributed by atoms with E-state index in [1.165, 1.54) is 4.31 Å². The normalized spacial score (nSPS) is 20.4. The van der Waals surface area contributed by atoms with Crippen LogP contribution < -0.4 is 0 Å². The standard InChI is InChI=1S/C13H18N2O5S/c16-9-12-8-14(13(17)18)6-7-15(12)21(19,20)10-11-4-2-1-3-5-11/h1-5,12,16H,6-10H2,(H,17,18). The first-order valence-corrected chi connectivity index (χ1v) is 8.17. The lowest BCUT2D eigenvalue weighted by Gasteiger charge is -2.38. The molecule has 7 nitrogen and oxygen atoms in total. The van der Waals surface area contributed by atoms with Gasteiger partial charge in [0, 0.05) is 19.6 Å². The lowest BCUT2D eigenvalue weighted by Crippen LogP contribution is -2.57. The highest BCUT2D eigenvalue weighted by molar-refractivity contribution is 7.88. The van der Waals surface area contributed by atoms with Crippen molar-refractivity contribution in [2.24, 2.45) is 0 Å². The number of amides is 1. The highest BCUT2D eigenvalue weighted by Gasteiger charge is 2.36. The van der Waals surface area contributed by atoms with E-state index in [2.05, 4.69) is 0 Å². The van der Waals surface area contributed by atoms with Crippen LogP contribution in [0.25, 0.3) is 0 Å². The lowest BCUT2D eigenvalue weighted by molar-refractivity contribution is 0.0816. The predicted molar refractivity (Wildman–Crippen MR) is 76.2 cm³/mol. The molecule has 1 aromatic carbocycles. The molecular weight excluding hydrogens is 296 g/mol. The second-order valence-electron chi connectivity index (χ2n) is 4.92. The molecule has 0 aromatic heterocycles. The van der Waals surface area contributed by atoms with Gasteiger partial charge in [-0.3, -0.25) is 0 Å². The Labute approximate surface area is 123 Å². The number of piperazine rings is 1. The molecule has 2 N–H and O–H groups in total. The summed E-state index contributed by atoms with van der Waals surface area (Å²) in [6.45, 7) is -0.246. The minimum absolute atomic E-state index is 0.0140. The van der Waals surface area contributed by atoms with Crippen LogP contribution in [-0.4, -0.2) is 66.2 Å². The topological polar surface area (TPSA) is 98.2 Å². The molecule has 0 bridgehead atoms. The number of carbonyl (C=O) groups is 1. The molecule has 1 unspecified atom stereocenters. The van der Waals surface area contributed by atoms with Crippen LogP contribution in [0.5, 0.6) is 0 Å². The van der Waals surface area contributed by atoms with Crippen molar-refractivity contribution in [1.82, 2.24) is 9.21 Å². The Bertz CT molecular complexity index is 590. The third-order valence-corrected chi connectivity index (χ3v) is 5.35. The molecule has 8 heteroatoms. The van der Waals surface area contributed by atoms with Crippen LogP contribution in [0.3, 0.4) is 0 Å². The number of hydrogen-bond acceptors (Lipinski definition) is 4. The Morgan fingerprint density at radius 1 is 1.24 bits per heavy atom. The van der Waals surface area contributed by atoms with Crippen molar-refractivity contribution in [3.05, 3.63) is 35.9 Å². The third-order valence-electron chi connectivity index (χ3n) is 3.46. The molecule has 21 heavy (non-hydrogen) atoms. The Hall–Kier alpha value is -1.64. The molecule has 0 aliphatic carbocycles. The summed E-state index contributed by atoms with van der Waals surface area (Å²) < 4.78 is 26.1. The van der Waals surface area contributed by atoms with E-state index in [4.69, 9.17) is 5.11 Å². The van der Waals surface area contributed by atoms with Gasteiger partial charge in [-0.25, -0.2) is 13.2 Å². The van der Waals surface area contributed by atoms with E-state index in [-0.39, 0.29) is 25.4 Å². The zero-order valence-corrected chi connectivity index (χ0v) is 12.2. The highest BCUT2D eigenvalue weighted by atomic mass is 32.2. The molecule has 1 amide bonds. The molecule has 116 valence electrons. The maximum Gasteiger partial charge on any atom is 0.407 e. The number of rotatable bonds is 4. The Morgan fingerprint density at radius 2 is 1.90 bits per heavy atom. The minimum atomic E-state index is -3.59. The molecule has 0 saturated carbocycles. The fourth-order valence-electron chi connectivity index (χ4n) is 2.40. The monoisotopic (exact) mass is 314 g/mol. The van der Waals surface area contributed by atoms with E-state index in [0.717, 1.165) is 4.90 Å². The number of carboxylic acid groups (broad SMARTS) is 1. The van der Waals surface area contributed by atoms with Gasteiger partial charge in [0.25, 0.3) is 0 Å². The molecule has 1 aromatic rings. The first kappa shape index (κ1) is 15.7. The van der Waals surface area contributed by atoms with Crippen molar-refractivity contribution in [3.63, 3.8) is 0 Å². The number of aliphatic hydroxyl groups is 1. The average Bonchev–Trinajstić information content (AvgIpc) is 2.47. The first-order valence-electron chi connectivity index (χ1n) is 6.56. The van der Waals surface area contributed by atoms with E-state index >= 15 is 0 Å². The summed E-state index contributed by atoms with van der Waals surface area (Å²) in [7, 11) is -3.59. The molecule has 1 aliphatic heterocycles. The third kappa shape index (κ3) is 3.72. The molecule has 1 heterocycles. The molecule has 1 saturated heterocycles. The van der Waals surface area contributed by atoms with Crippen LogP contribution in [0, 0.1) is 0 Å². The van der Waals surface area contributed by atoms with E-state index in [1.807, 2.05) is 0 Å². The second-order valence-corrected chi connectivity index (χ2v) is 6.84. The summed E-state index contributed by atoms with van der Waals surface area (Å²) in [6, 6.07) is 8.03.